The van der Waals surface area contributed by atoms with Crippen LogP contribution in [0.15, 0.2) is 58.5 Å². The van der Waals surface area contributed by atoms with Gasteiger partial charge in [0.1, 0.15) is 5.66 Å². The predicted molar refractivity (Wildman–Crippen MR) is 108 cm³/mol. The zero-order valence-electron chi connectivity index (χ0n) is 15.0. The van der Waals surface area contributed by atoms with Gasteiger partial charge < -0.3 is 11.5 Å². The Balaban J connectivity index is 1.89. The van der Waals surface area contributed by atoms with E-state index in [1.54, 1.807) is 11.0 Å². The van der Waals surface area contributed by atoms with Crippen molar-refractivity contribution >= 4 is 35.4 Å². The van der Waals surface area contributed by atoms with Crippen LogP contribution in [0.25, 0.3) is 12.2 Å². The Kier molecular flexibility index (Phi) is 4.64. The maximum atomic E-state index is 10.9. The summed E-state index contributed by atoms with van der Waals surface area (Å²) < 4.78 is 0. The number of hydrogen-bond donors (Lipinski definition) is 2. The number of rotatable bonds is 4. The molecule has 2 aromatic rings. The molecule has 8 heteroatoms. The molecular formula is C19H20N6O2. The van der Waals surface area contributed by atoms with Gasteiger partial charge in [-0.2, -0.15) is 4.99 Å². The molecule has 0 atom stereocenters. The first-order valence-corrected chi connectivity index (χ1v) is 8.28. The highest BCUT2D eigenvalue weighted by Gasteiger charge is 2.32. The van der Waals surface area contributed by atoms with Crippen LogP contribution in [0.5, 0.6) is 0 Å². The number of guanidine groups is 2. The molecule has 138 valence electrons. The summed E-state index contributed by atoms with van der Waals surface area (Å²) in [6.07, 6.45) is 3.70. The average molecular weight is 364 g/mol. The number of nitrogens with two attached hydrogens (primary N) is 2. The minimum atomic E-state index is -0.668. The second-order valence-corrected chi connectivity index (χ2v) is 6.55. The standard InChI is InChI=1S/C19H20N6O2/c1-19(2)23-17(20)22-18(21)24(19)15-7-3-5-13(11-15)9-10-14-6-4-8-16(12-14)25(26)27/h3-12H,1-2H3,(H4,20,21,22,23)/b10-9+. The van der Waals surface area contributed by atoms with E-state index >= 15 is 0 Å². The van der Waals surface area contributed by atoms with Crippen molar-refractivity contribution in [2.75, 3.05) is 4.90 Å². The highest BCUT2D eigenvalue weighted by molar-refractivity contribution is 6.05. The lowest BCUT2D eigenvalue weighted by molar-refractivity contribution is -0.384. The lowest BCUT2D eigenvalue weighted by Gasteiger charge is -2.38. The van der Waals surface area contributed by atoms with Crippen molar-refractivity contribution in [3.8, 4) is 0 Å². The number of hydrogen-bond acceptors (Lipinski definition) is 7. The number of nitro benzene ring substituents is 1. The fourth-order valence-electron chi connectivity index (χ4n) is 2.95. The van der Waals surface area contributed by atoms with Crippen LogP contribution in [0, 0.1) is 10.1 Å². The highest BCUT2D eigenvalue weighted by atomic mass is 16.6. The molecule has 1 heterocycles. The van der Waals surface area contributed by atoms with Gasteiger partial charge in [-0.05, 0) is 37.1 Å². The lowest BCUT2D eigenvalue weighted by atomic mass is 10.1. The van der Waals surface area contributed by atoms with Crippen molar-refractivity contribution in [3.63, 3.8) is 0 Å². The highest BCUT2D eigenvalue weighted by Crippen LogP contribution is 2.28. The molecule has 0 aliphatic carbocycles. The summed E-state index contributed by atoms with van der Waals surface area (Å²) in [4.78, 5) is 20.7. The fraction of sp³-hybridized carbons (Fsp3) is 0.158. The number of non-ortho nitro benzene ring substituents is 1. The molecule has 1 aliphatic heterocycles. The van der Waals surface area contributed by atoms with Crippen molar-refractivity contribution in [2.24, 2.45) is 21.5 Å². The molecule has 0 unspecified atom stereocenters. The molecule has 0 aromatic heterocycles. The van der Waals surface area contributed by atoms with Crippen molar-refractivity contribution in [1.29, 1.82) is 0 Å². The van der Waals surface area contributed by atoms with E-state index in [9.17, 15) is 10.1 Å². The Labute approximate surface area is 156 Å². The molecule has 4 N–H and O–H groups in total. The monoisotopic (exact) mass is 364 g/mol. The maximum Gasteiger partial charge on any atom is 0.270 e. The Morgan fingerprint density at radius 3 is 2.33 bits per heavy atom. The van der Waals surface area contributed by atoms with Crippen molar-refractivity contribution in [3.05, 3.63) is 69.8 Å². The van der Waals surface area contributed by atoms with Crippen LogP contribution < -0.4 is 16.4 Å². The van der Waals surface area contributed by atoms with Gasteiger partial charge >= 0.3 is 0 Å². The molecule has 0 saturated heterocycles. The van der Waals surface area contributed by atoms with Gasteiger partial charge in [-0.25, -0.2) is 4.99 Å². The van der Waals surface area contributed by atoms with Gasteiger partial charge in [-0.15, -0.1) is 0 Å². The molecule has 0 amide bonds. The minimum absolute atomic E-state index is 0.0559. The number of nitrogens with zero attached hydrogens (tertiary/aromatic N) is 4. The first kappa shape index (κ1) is 18.1. The van der Waals surface area contributed by atoms with E-state index in [4.69, 9.17) is 11.5 Å². The molecule has 0 spiro atoms. The number of aliphatic imine (C=N–C) groups is 2. The second kappa shape index (κ2) is 6.91. The lowest BCUT2D eigenvalue weighted by Crippen LogP contribution is -2.54. The van der Waals surface area contributed by atoms with Crippen molar-refractivity contribution in [1.82, 2.24) is 0 Å². The summed E-state index contributed by atoms with van der Waals surface area (Å²) >= 11 is 0. The third-order valence-corrected chi connectivity index (χ3v) is 4.07. The van der Waals surface area contributed by atoms with Gasteiger partial charge in [0.25, 0.3) is 5.69 Å². The number of anilines is 1. The van der Waals surface area contributed by atoms with Gasteiger partial charge in [-0.1, -0.05) is 36.4 Å². The topological polar surface area (TPSA) is 123 Å². The number of nitro groups is 1. The van der Waals surface area contributed by atoms with E-state index in [2.05, 4.69) is 9.98 Å². The molecule has 2 aromatic carbocycles. The van der Waals surface area contributed by atoms with E-state index in [1.165, 1.54) is 12.1 Å². The van der Waals surface area contributed by atoms with Gasteiger partial charge in [0.15, 0.2) is 0 Å². The molecule has 0 radical (unpaired) electrons. The van der Waals surface area contributed by atoms with Gasteiger partial charge in [-0.3, -0.25) is 15.0 Å². The normalized spacial score (nSPS) is 16.1. The molecule has 0 saturated carbocycles. The van der Waals surface area contributed by atoms with Crippen molar-refractivity contribution in [2.45, 2.75) is 19.5 Å². The second-order valence-electron chi connectivity index (χ2n) is 6.55. The zero-order chi connectivity index (χ0) is 19.6. The van der Waals surface area contributed by atoms with E-state index in [1.807, 2.05) is 56.3 Å². The molecule has 3 rings (SSSR count). The minimum Gasteiger partial charge on any atom is -0.369 e. The average Bonchev–Trinajstić information content (AvgIpc) is 2.59. The molecular weight excluding hydrogens is 344 g/mol. The molecule has 8 nitrogen and oxygen atoms in total. The van der Waals surface area contributed by atoms with Crippen LogP contribution in [0.2, 0.25) is 0 Å². The van der Waals surface area contributed by atoms with Crippen LogP contribution >= 0.6 is 0 Å². The summed E-state index contributed by atoms with van der Waals surface area (Å²) in [6.45, 7) is 3.79. The summed E-state index contributed by atoms with van der Waals surface area (Å²) in [5.74, 6) is 0.419. The largest absolute Gasteiger partial charge is 0.369 e. The fourth-order valence-corrected chi connectivity index (χ4v) is 2.95. The molecule has 1 aliphatic rings. The van der Waals surface area contributed by atoms with Gasteiger partial charge in [0.2, 0.25) is 11.9 Å². The SMILES string of the molecule is CC1(C)N=C(N)N=C(N)N1c1cccc(/C=C/c2cccc([N+](=O)[O-])c2)c1. The molecule has 27 heavy (non-hydrogen) atoms. The van der Waals surface area contributed by atoms with E-state index < -0.39 is 10.6 Å². The van der Waals surface area contributed by atoms with E-state index in [0.29, 0.717) is 0 Å². The third-order valence-electron chi connectivity index (χ3n) is 4.07. The maximum absolute atomic E-state index is 10.9. The van der Waals surface area contributed by atoms with Crippen molar-refractivity contribution < 1.29 is 4.92 Å². The Morgan fingerprint density at radius 1 is 1.07 bits per heavy atom. The predicted octanol–water partition coefficient (Wildman–Crippen LogP) is 2.95. The summed E-state index contributed by atoms with van der Waals surface area (Å²) in [5, 5.41) is 10.9. The van der Waals surface area contributed by atoms with Crippen LogP contribution in [-0.4, -0.2) is 22.5 Å². The first-order valence-electron chi connectivity index (χ1n) is 8.28. The van der Waals surface area contributed by atoms with E-state index in [0.717, 1.165) is 16.8 Å². The Morgan fingerprint density at radius 2 is 1.70 bits per heavy atom. The van der Waals surface area contributed by atoms with E-state index in [-0.39, 0.29) is 17.6 Å². The third kappa shape index (κ3) is 3.95. The molecule has 0 bridgehead atoms. The van der Waals surface area contributed by atoms with Crippen LogP contribution in [0.3, 0.4) is 0 Å². The summed E-state index contributed by atoms with van der Waals surface area (Å²) in [7, 11) is 0. The number of benzene rings is 2. The van der Waals surface area contributed by atoms with Crippen LogP contribution in [0.4, 0.5) is 11.4 Å². The summed E-state index contributed by atoms with van der Waals surface area (Å²) in [6, 6.07) is 14.1. The van der Waals surface area contributed by atoms with Gasteiger partial charge in [0.05, 0.1) is 4.92 Å². The van der Waals surface area contributed by atoms with Crippen LogP contribution in [-0.2, 0) is 0 Å². The quantitative estimate of drug-likeness (QED) is 0.490. The van der Waals surface area contributed by atoms with Gasteiger partial charge in [0, 0.05) is 17.8 Å². The first-order chi connectivity index (χ1) is 12.8. The molecule has 0 fully saturated rings. The smallest absolute Gasteiger partial charge is 0.270 e. The zero-order valence-corrected chi connectivity index (χ0v) is 15.0. The Bertz CT molecular complexity index is 978. The Hall–Kier alpha value is -3.68. The summed E-state index contributed by atoms with van der Waals surface area (Å²) in [5.41, 5.74) is 13.6. The van der Waals surface area contributed by atoms with Crippen LogP contribution in [0.1, 0.15) is 25.0 Å².